The van der Waals surface area contributed by atoms with Crippen molar-refractivity contribution in [2.45, 2.75) is 32.9 Å². The Labute approximate surface area is 95.0 Å². The molecule has 0 aliphatic rings. The number of aryl methyl sites for hydroxylation is 1. The summed E-state index contributed by atoms with van der Waals surface area (Å²) in [5, 5.41) is 3.96. The molecule has 2 aromatic rings. The second-order valence-electron chi connectivity index (χ2n) is 4.06. The van der Waals surface area contributed by atoms with Crippen LogP contribution in [-0.2, 0) is 6.54 Å². The van der Waals surface area contributed by atoms with E-state index in [1.54, 1.807) is 0 Å². The third-order valence-corrected chi connectivity index (χ3v) is 2.66. The van der Waals surface area contributed by atoms with Crippen LogP contribution in [-0.4, -0.2) is 9.72 Å². The van der Waals surface area contributed by atoms with E-state index in [2.05, 4.69) is 28.9 Å². The van der Waals surface area contributed by atoms with Crippen LogP contribution in [0.5, 0.6) is 0 Å². The van der Waals surface area contributed by atoms with E-state index in [1.165, 1.54) is 5.56 Å². The van der Waals surface area contributed by atoms with Gasteiger partial charge in [-0.25, -0.2) is 0 Å². The Kier molecular flexibility index (Phi) is 3.10. The Morgan fingerprint density at radius 1 is 1.56 bits per heavy atom. The highest BCUT2D eigenvalue weighted by Crippen LogP contribution is 2.14. The molecule has 2 aromatic heterocycles. The van der Waals surface area contributed by atoms with E-state index in [0.717, 1.165) is 24.4 Å². The average Bonchev–Trinajstić information content (AvgIpc) is 2.87. The van der Waals surface area contributed by atoms with Crippen molar-refractivity contribution in [1.82, 2.24) is 9.72 Å². The Balaban J connectivity index is 2.08. The van der Waals surface area contributed by atoms with Crippen molar-refractivity contribution in [3.8, 4) is 0 Å². The van der Waals surface area contributed by atoms with Crippen LogP contribution in [0.4, 0.5) is 0 Å². The minimum Gasteiger partial charge on any atom is -0.361 e. The molecule has 0 aliphatic carbocycles. The molecule has 16 heavy (non-hydrogen) atoms. The Hall–Kier alpha value is -1.55. The molecule has 0 saturated carbocycles. The Morgan fingerprint density at radius 3 is 3.00 bits per heavy atom. The zero-order valence-electron chi connectivity index (χ0n) is 9.68. The lowest BCUT2D eigenvalue weighted by molar-refractivity contribution is 0.389. The first-order valence-corrected chi connectivity index (χ1v) is 5.52. The molecule has 0 radical (unpaired) electrons. The van der Waals surface area contributed by atoms with Gasteiger partial charge in [0.2, 0.25) is 0 Å². The number of hydrogen-bond donors (Lipinski definition) is 1. The van der Waals surface area contributed by atoms with Gasteiger partial charge in [0.25, 0.3) is 0 Å². The third-order valence-electron chi connectivity index (χ3n) is 2.66. The van der Waals surface area contributed by atoms with Crippen LogP contribution < -0.4 is 5.73 Å². The van der Waals surface area contributed by atoms with Crippen molar-refractivity contribution in [3.63, 3.8) is 0 Å². The van der Waals surface area contributed by atoms with E-state index in [4.69, 9.17) is 10.3 Å². The van der Waals surface area contributed by atoms with Crippen LogP contribution in [0.25, 0.3) is 0 Å². The standard InChI is InChI=1S/C12H17N3O/c1-3-12(13)10-4-5-15(7-10)8-11-6-9(2)16-14-11/h4-7,12H,3,8,13H2,1-2H3. The molecule has 1 unspecified atom stereocenters. The van der Waals surface area contributed by atoms with Gasteiger partial charge in [-0.15, -0.1) is 0 Å². The van der Waals surface area contributed by atoms with Gasteiger partial charge < -0.3 is 14.8 Å². The lowest BCUT2D eigenvalue weighted by Crippen LogP contribution is -2.07. The molecule has 0 amide bonds. The van der Waals surface area contributed by atoms with E-state index >= 15 is 0 Å². The second kappa shape index (κ2) is 4.53. The fourth-order valence-corrected chi connectivity index (χ4v) is 1.69. The molecule has 0 aliphatic heterocycles. The quantitative estimate of drug-likeness (QED) is 0.858. The van der Waals surface area contributed by atoms with Crippen molar-refractivity contribution in [1.29, 1.82) is 0 Å². The topological polar surface area (TPSA) is 57.0 Å². The molecule has 2 heterocycles. The predicted octanol–water partition coefficient (Wildman–Crippen LogP) is 2.24. The molecule has 2 rings (SSSR count). The summed E-state index contributed by atoms with van der Waals surface area (Å²) in [6.07, 6.45) is 5.04. The highest BCUT2D eigenvalue weighted by Gasteiger charge is 2.06. The van der Waals surface area contributed by atoms with Gasteiger partial charge in [-0.2, -0.15) is 0 Å². The highest BCUT2D eigenvalue weighted by atomic mass is 16.5. The predicted molar refractivity (Wildman–Crippen MR) is 62.0 cm³/mol. The van der Waals surface area contributed by atoms with Crippen LogP contribution in [0.15, 0.2) is 29.0 Å². The molecule has 4 heteroatoms. The van der Waals surface area contributed by atoms with Gasteiger partial charge in [0.1, 0.15) is 11.5 Å². The number of hydrogen-bond acceptors (Lipinski definition) is 3. The van der Waals surface area contributed by atoms with Gasteiger partial charge in [0, 0.05) is 24.5 Å². The number of nitrogens with zero attached hydrogens (tertiary/aromatic N) is 2. The molecule has 0 aromatic carbocycles. The first-order chi connectivity index (χ1) is 7.69. The minimum atomic E-state index is 0.125. The Bertz CT molecular complexity index is 458. The molecule has 4 nitrogen and oxygen atoms in total. The van der Waals surface area contributed by atoms with Gasteiger partial charge >= 0.3 is 0 Å². The SMILES string of the molecule is CCC(N)c1ccn(Cc2cc(C)on2)c1. The summed E-state index contributed by atoms with van der Waals surface area (Å²) in [7, 11) is 0. The van der Waals surface area contributed by atoms with Gasteiger partial charge in [-0.3, -0.25) is 0 Å². The smallest absolute Gasteiger partial charge is 0.133 e. The summed E-state index contributed by atoms with van der Waals surface area (Å²) in [4.78, 5) is 0. The van der Waals surface area contributed by atoms with Crippen LogP contribution in [0, 0.1) is 6.92 Å². The summed E-state index contributed by atoms with van der Waals surface area (Å²) in [6.45, 7) is 4.71. The molecule has 2 N–H and O–H groups in total. The maximum Gasteiger partial charge on any atom is 0.133 e. The first kappa shape index (κ1) is 11.0. The zero-order valence-corrected chi connectivity index (χ0v) is 9.68. The second-order valence-corrected chi connectivity index (χ2v) is 4.06. The summed E-state index contributed by atoms with van der Waals surface area (Å²) in [6, 6.07) is 4.13. The highest BCUT2D eigenvalue weighted by molar-refractivity contribution is 5.16. The van der Waals surface area contributed by atoms with E-state index in [1.807, 2.05) is 19.2 Å². The summed E-state index contributed by atoms with van der Waals surface area (Å²) < 4.78 is 7.10. The molecular formula is C12H17N3O. The van der Waals surface area contributed by atoms with Gasteiger partial charge in [0.05, 0.1) is 6.54 Å². The molecule has 0 spiro atoms. The number of rotatable bonds is 4. The molecule has 0 fully saturated rings. The van der Waals surface area contributed by atoms with Crippen molar-refractivity contribution in [3.05, 3.63) is 41.5 Å². The summed E-state index contributed by atoms with van der Waals surface area (Å²) >= 11 is 0. The van der Waals surface area contributed by atoms with Crippen molar-refractivity contribution >= 4 is 0 Å². The van der Waals surface area contributed by atoms with Crippen LogP contribution >= 0.6 is 0 Å². The monoisotopic (exact) mass is 219 g/mol. The normalized spacial score (nSPS) is 12.9. The molecule has 1 atom stereocenters. The van der Waals surface area contributed by atoms with Crippen molar-refractivity contribution < 1.29 is 4.52 Å². The van der Waals surface area contributed by atoms with E-state index in [0.29, 0.717) is 0 Å². The molecule has 0 saturated heterocycles. The van der Waals surface area contributed by atoms with Crippen LogP contribution in [0.2, 0.25) is 0 Å². The average molecular weight is 219 g/mol. The van der Waals surface area contributed by atoms with Crippen LogP contribution in [0.3, 0.4) is 0 Å². The summed E-state index contributed by atoms with van der Waals surface area (Å²) in [5.41, 5.74) is 8.06. The van der Waals surface area contributed by atoms with Crippen LogP contribution in [0.1, 0.15) is 36.4 Å². The third kappa shape index (κ3) is 2.33. The fraction of sp³-hybridized carbons (Fsp3) is 0.417. The largest absolute Gasteiger partial charge is 0.361 e. The first-order valence-electron chi connectivity index (χ1n) is 5.52. The number of aromatic nitrogens is 2. The fourth-order valence-electron chi connectivity index (χ4n) is 1.69. The lowest BCUT2D eigenvalue weighted by Gasteiger charge is -2.04. The van der Waals surface area contributed by atoms with Gasteiger partial charge in [-0.1, -0.05) is 12.1 Å². The molecule has 86 valence electrons. The maximum absolute atomic E-state index is 5.96. The minimum absolute atomic E-state index is 0.125. The zero-order chi connectivity index (χ0) is 11.5. The van der Waals surface area contributed by atoms with Gasteiger partial charge in [-0.05, 0) is 25.0 Å². The van der Waals surface area contributed by atoms with E-state index < -0.39 is 0 Å². The Morgan fingerprint density at radius 2 is 2.38 bits per heavy atom. The summed E-state index contributed by atoms with van der Waals surface area (Å²) in [5.74, 6) is 0.840. The molecular weight excluding hydrogens is 202 g/mol. The van der Waals surface area contributed by atoms with E-state index in [9.17, 15) is 0 Å². The molecule has 0 bridgehead atoms. The van der Waals surface area contributed by atoms with E-state index in [-0.39, 0.29) is 6.04 Å². The lowest BCUT2D eigenvalue weighted by atomic mass is 10.1. The van der Waals surface area contributed by atoms with Crippen molar-refractivity contribution in [2.24, 2.45) is 5.73 Å². The number of nitrogens with two attached hydrogens (primary N) is 1. The van der Waals surface area contributed by atoms with Crippen molar-refractivity contribution in [2.75, 3.05) is 0 Å². The maximum atomic E-state index is 5.96. The van der Waals surface area contributed by atoms with Gasteiger partial charge in [0.15, 0.2) is 0 Å².